The molecular formula is C36H40FN3O2. The number of piperidine rings is 1. The maximum absolute atomic E-state index is 14.4. The molecule has 1 aliphatic rings. The molecule has 0 radical (unpaired) electrons. The van der Waals surface area contributed by atoms with Crippen molar-refractivity contribution in [3.05, 3.63) is 137 Å². The number of nitrogens with one attached hydrogen (secondary N) is 1. The lowest BCUT2D eigenvalue weighted by atomic mass is 9.90. The van der Waals surface area contributed by atoms with Crippen LogP contribution in [0, 0.1) is 5.82 Å². The monoisotopic (exact) mass is 565 g/mol. The lowest BCUT2D eigenvalue weighted by Gasteiger charge is -2.34. The number of carbonyl (C=O) groups excluding carboxylic acids is 1. The molecule has 1 aliphatic heterocycles. The van der Waals surface area contributed by atoms with E-state index in [0.717, 1.165) is 32.5 Å². The van der Waals surface area contributed by atoms with Crippen molar-refractivity contribution in [2.45, 2.75) is 30.9 Å². The van der Waals surface area contributed by atoms with E-state index in [0.29, 0.717) is 29.3 Å². The third kappa shape index (κ3) is 7.64. The maximum atomic E-state index is 14.4. The zero-order chi connectivity index (χ0) is 29.3. The molecule has 6 heteroatoms. The molecule has 218 valence electrons. The fourth-order valence-corrected chi connectivity index (χ4v) is 5.75. The van der Waals surface area contributed by atoms with Gasteiger partial charge in [-0.05, 0) is 62.3 Å². The standard InChI is InChI=1S/C36H40FN3O2/c1-39(2)35(32-18-9-10-19-34(32)37)25-38-36(41)29-16-11-17-31(24-29)42-30-20-22-40(23-21-30)26-33(27-12-5-3-6-13-27)28-14-7-4-8-15-28/h3-19,24,30,33,35H,20-23,25-26H2,1-2H3,(H,38,41). The molecule has 5 rings (SSSR count). The lowest BCUT2D eigenvalue weighted by Crippen LogP contribution is -2.40. The number of hydrogen-bond acceptors (Lipinski definition) is 4. The largest absolute Gasteiger partial charge is 0.490 e. The highest BCUT2D eigenvalue weighted by Crippen LogP contribution is 2.28. The Morgan fingerprint density at radius 3 is 2.12 bits per heavy atom. The van der Waals surface area contributed by atoms with Crippen molar-refractivity contribution in [1.82, 2.24) is 15.1 Å². The van der Waals surface area contributed by atoms with Crippen LogP contribution in [0.25, 0.3) is 0 Å². The number of likely N-dealkylation sites (tertiary alicyclic amines) is 1. The quantitative estimate of drug-likeness (QED) is 0.225. The summed E-state index contributed by atoms with van der Waals surface area (Å²) in [6, 6.07) is 35.2. The van der Waals surface area contributed by atoms with Gasteiger partial charge in [-0.15, -0.1) is 0 Å². The van der Waals surface area contributed by atoms with E-state index in [1.807, 2.05) is 37.2 Å². The Kier molecular flexibility index (Phi) is 10.0. The normalized spacial score (nSPS) is 15.1. The van der Waals surface area contributed by atoms with Crippen molar-refractivity contribution in [3.63, 3.8) is 0 Å². The van der Waals surface area contributed by atoms with Crippen LogP contribution in [0.2, 0.25) is 0 Å². The van der Waals surface area contributed by atoms with Crippen LogP contribution in [0.4, 0.5) is 4.39 Å². The highest BCUT2D eigenvalue weighted by Gasteiger charge is 2.25. The number of nitrogens with zero attached hydrogens (tertiary/aromatic N) is 2. The molecule has 0 bridgehead atoms. The van der Waals surface area contributed by atoms with Crippen molar-refractivity contribution >= 4 is 5.91 Å². The summed E-state index contributed by atoms with van der Waals surface area (Å²) in [6.07, 6.45) is 1.96. The third-order valence-corrected chi connectivity index (χ3v) is 8.12. The van der Waals surface area contributed by atoms with Crippen molar-refractivity contribution < 1.29 is 13.9 Å². The molecule has 4 aromatic carbocycles. The molecule has 0 saturated carbocycles. The van der Waals surface area contributed by atoms with Crippen molar-refractivity contribution in [2.75, 3.05) is 40.3 Å². The van der Waals surface area contributed by atoms with E-state index in [1.54, 1.807) is 24.3 Å². The van der Waals surface area contributed by atoms with E-state index >= 15 is 0 Å². The van der Waals surface area contributed by atoms with Gasteiger partial charge in [-0.3, -0.25) is 4.79 Å². The predicted octanol–water partition coefficient (Wildman–Crippen LogP) is 6.53. The fourth-order valence-electron chi connectivity index (χ4n) is 5.75. The average molecular weight is 566 g/mol. The Hall–Kier alpha value is -4.00. The minimum Gasteiger partial charge on any atom is -0.490 e. The second-order valence-electron chi connectivity index (χ2n) is 11.2. The number of halogens is 1. The SMILES string of the molecule is CN(C)C(CNC(=O)c1cccc(OC2CCN(CC(c3ccccc3)c3ccccc3)CC2)c1)c1ccccc1F. The molecule has 0 aromatic heterocycles. The van der Waals surface area contributed by atoms with Crippen LogP contribution < -0.4 is 10.1 Å². The van der Waals surface area contributed by atoms with E-state index in [1.165, 1.54) is 17.2 Å². The second-order valence-corrected chi connectivity index (χ2v) is 11.2. The molecule has 42 heavy (non-hydrogen) atoms. The zero-order valence-corrected chi connectivity index (χ0v) is 24.5. The van der Waals surface area contributed by atoms with Gasteiger partial charge in [0.25, 0.3) is 5.91 Å². The Morgan fingerprint density at radius 2 is 1.50 bits per heavy atom. The molecular weight excluding hydrogens is 525 g/mol. The van der Waals surface area contributed by atoms with Gasteiger partial charge < -0.3 is 19.9 Å². The molecule has 1 unspecified atom stereocenters. The molecule has 0 aliphatic carbocycles. The van der Waals surface area contributed by atoms with Crippen LogP contribution in [0.5, 0.6) is 5.75 Å². The van der Waals surface area contributed by atoms with Crippen LogP contribution in [0.3, 0.4) is 0 Å². The average Bonchev–Trinajstić information content (AvgIpc) is 3.02. The van der Waals surface area contributed by atoms with Gasteiger partial charge in [0.1, 0.15) is 17.7 Å². The summed E-state index contributed by atoms with van der Waals surface area (Å²) >= 11 is 0. The summed E-state index contributed by atoms with van der Waals surface area (Å²) < 4.78 is 20.8. The third-order valence-electron chi connectivity index (χ3n) is 8.12. The van der Waals surface area contributed by atoms with Gasteiger partial charge in [-0.1, -0.05) is 84.9 Å². The molecule has 1 N–H and O–H groups in total. The van der Waals surface area contributed by atoms with Gasteiger partial charge >= 0.3 is 0 Å². The number of likely N-dealkylation sites (N-methyl/N-ethyl adjacent to an activating group) is 1. The van der Waals surface area contributed by atoms with E-state index in [2.05, 4.69) is 70.9 Å². The summed E-state index contributed by atoms with van der Waals surface area (Å²) in [5.74, 6) is 0.547. The van der Waals surface area contributed by atoms with Gasteiger partial charge in [-0.25, -0.2) is 4.39 Å². The fraction of sp³-hybridized carbons (Fsp3) is 0.306. The summed E-state index contributed by atoms with van der Waals surface area (Å²) in [6.45, 7) is 3.19. The van der Waals surface area contributed by atoms with Gasteiger partial charge in [0, 0.05) is 43.2 Å². The molecule has 1 heterocycles. The van der Waals surface area contributed by atoms with Gasteiger partial charge in [0.2, 0.25) is 0 Å². The summed E-state index contributed by atoms with van der Waals surface area (Å²) in [7, 11) is 3.76. The molecule has 1 atom stereocenters. The second kappa shape index (κ2) is 14.3. The summed E-state index contributed by atoms with van der Waals surface area (Å²) in [5, 5.41) is 2.98. The van der Waals surface area contributed by atoms with Crippen LogP contribution in [-0.2, 0) is 0 Å². The maximum Gasteiger partial charge on any atom is 0.251 e. The summed E-state index contributed by atoms with van der Waals surface area (Å²) in [4.78, 5) is 17.5. The molecule has 1 saturated heterocycles. The Labute approximate surface area is 248 Å². The van der Waals surface area contributed by atoms with Crippen LogP contribution >= 0.6 is 0 Å². The smallest absolute Gasteiger partial charge is 0.251 e. The molecule has 4 aromatic rings. The van der Waals surface area contributed by atoms with Crippen LogP contribution in [0.15, 0.2) is 109 Å². The highest BCUT2D eigenvalue weighted by atomic mass is 19.1. The molecule has 1 fully saturated rings. The summed E-state index contributed by atoms with van der Waals surface area (Å²) in [5.41, 5.74) is 3.76. The van der Waals surface area contributed by atoms with E-state index < -0.39 is 0 Å². The Balaban J connectivity index is 1.15. The van der Waals surface area contributed by atoms with Gasteiger partial charge in [0.15, 0.2) is 0 Å². The number of amides is 1. The first-order chi connectivity index (χ1) is 20.5. The minimum absolute atomic E-state index is 0.102. The van der Waals surface area contributed by atoms with Crippen LogP contribution in [-0.4, -0.2) is 62.1 Å². The molecule has 0 spiro atoms. The van der Waals surface area contributed by atoms with Crippen LogP contribution in [0.1, 0.15) is 51.8 Å². The van der Waals surface area contributed by atoms with Crippen molar-refractivity contribution in [2.24, 2.45) is 0 Å². The first-order valence-corrected chi connectivity index (χ1v) is 14.8. The predicted molar refractivity (Wildman–Crippen MR) is 166 cm³/mol. The number of ether oxygens (including phenoxy) is 1. The first kappa shape index (κ1) is 29.5. The van der Waals surface area contributed by atoms with E-state index in [-0.39, 0.29) is 23.9 Å². The lowest BCUT2D eigenvalue weighted by molar-refractivity contribution is 0.0931. The minimum atomic E-state index is -0.275. The number of rotatable bonds is 11. The van der Waals surface area contributed by atoms with Gasteiger partial charge in [0.05, 0.1) is 6.04 Å². The molecule has 1 amide bonds. The highest BCUT2D eigenvalue weighted by molar-refractivity contribution is 5.94. The molecule has 5 nitrogen and oxygen atoms in total. The topological polar surface area (TPSA) is 44.8 Å². The zero-order valence-electron chi connectivity index (χ0n) is 24.5. The van der Waals surface area contributed by atoms with Crippen molar-refractivity contribution in [3.8, 4) is 5.75 Å². The first-order valence-electron chi connectivity index (χ1n) is 14.8. The number of carbonyl (C=O) groups is 1. The van der Waals surface area contributed by atoms with E-state index in [9.17, 15) is 9.18 Å². The van der Waals surface area contributed by atoms with Crippen molar-refractivity contribution in [1.29, 1.82) is 0 Å². The Morgan fingerprint density at radius 1 is 0.881 bits per heavy atom. The van der Waals surface area contributed by atoms with E-state index in [4.69, 9.17) is 4.74 Å². The number of benzene rings is 4. The Bertz CT molecular complexity index is 1380. The van der Waals surface area contributed by atoms with Gasteiger partial charge in [-0.2, -0.15) is 0 Å². The number of hydrogen-bond donors (Lipinski definition) is 1.